The van der Waals surface area contributed by atoms with E-state index in [1.807, 2.05) is 6.08 Å². The Labute approximate surface area is 123 Å². The molecule has 0 amide bonds. The van der Waals surface area contributed by atoms with Crippen LogP contribution in [-0.4, -0.2) is 5.78 Å². The minimum absolute atomic E-state index is 0.362. The minimum Gasteiger partial charge on any atom is -0.295 e. The van der Waals surface area contributed by atoms with Crippen LogP contribution in [0.25, 0.3) is 0 Å². The number of hydrogen-bond donors (Lipinski definition) is 0. The molecule has 0 aromatic heterocycles. The predicted octanol–water partition coefficient (Wildman–Crippen LogP) is 4.91. The van der Waals surface area contributed by atoms with Crippen molar-refractivity contribution in [2.45, 2.75) is 71.6 Å². The quantitative estimate of drug-likeness (QED) is 0.612. The summed E-state index contributed by atoms with van der Waals surface area (Å²) in [5.41, 5.74) is 2.53. The van der Waals surface area contributed by atoms with Crippen molar-refractivity contribution in [3.8, 4) is 0 Å². The van der Waals surface area contributed by atoms with Crippen LogP contribution in [0.2, 0.25) is 0 Å². The van der Waals surface area contributed by atoms with Crippen LogP contribution < -0.4 is 0 Å². The van der Waals surface area contributed by atoms with Crippen molar-refractivity contribution in [1.29, 1.82) is 0 Å². The fourth-order valence-electron chi connectivity index (χ4n) is 6.55. The van der Waals surface area contributed by atoms with Crippen LogP contribution in [0.15, 0.2) is 11.6 Å². The van der Waals surface area contributed by atoms with Crippen molar-refractivity contribution < 1.29 is 4.79 Å². The highest BCUT2D eigenvalue weighted by atomic mass is 16.1. The molecule has 0 N–H and O–H groups in total. The third-order valence-corrected chi connectivity index (χ3v) is 7.74. The van der Waals surface area contributed by atoms with Gasteiger partial charge in [0.2, 0.25) is 0 Å². The van der Waals surface area contributed by atoms with Crippen LogP contribution in [0.5, 0.6) is 0 Å². The maximum absolute atomic E-state index is 11.8. The lowest BCUT2D eigenvalue weighted by molar-refractivity contribution is -0.117. The van der Waals surface area contributed by atoms with Crippen LogP contribution in [-0.2, 0) is 4.79 Å². The lowest BCUT2D eigenvalue weighted by Crippen LogP contribution is -2.49. The van der Waals surface area contributed by atoms with Crippen molar-refractivity contribution in [3.05, 3.63) is 11.6 Å². The van der Waals surface area contributed by atoms with Crippen LogP contribution in [0.3, 0.4) is 0 Å². The second-order valence-corrected chi connectivity index (χ2v) is 8.55. The fraction of sp³-hybridized carbons (Fsp3) is 0.842. The third-order valence-electron chi connectivity index (χ3n) is 7.74. The van der Waals surface area contributed by atoms with E-state index < -0.39 is 0 Å². The molecule has 1 heteroatoms. The molecule has 0 heterocycles. The van der Waals surface area contributed by atoms with E-state index in [0.717, 1.165) is 30.6 Å². The molecule has 20 heavy (non-hydrogen) atoms. The molecule has 0 radical (unpaired) electrons. The fourth-order valence-corrected chi connectivity index (χ4v) is 6.55. The molecule has 5 atom stereocenters. The number of carbonyl (C=O) groups excluding carboxylic acids is 1. The number of hydrogen-bond acceptors (Lipinski definition) is 1. The molecule has 4 aliphatic carbocycles. The molecule has 4 aliphatic rings. The van der Waals surface area contributed by atoms with Gasteiger partial charge in [0.05, 0.1) is 0 Å². The summed E-state index contributed by atoms with van der Waals surface area (Å²) in [5.74, 6) is 3.19. The Morgan fingerprint density at radius 3 is 2.70 bits per heavy atom. The van der Waals surface area contributed by atoms with Gasteiger partial charge in [-0.15, -0.1) is 0 Å². The zero-order chi connectivity index (χ0) is 14.0. The summed E-state index contributed by atoms with van der Waals surface area (Å²) in [6, 6.07) is 0. The van der Waals surface area contributed by atoms with Crippen molar-refractivity contribution >= 4 is 5.78 Å². The zero-order valence-corrected chi connectivity index (χ0v) is 13.1. The first-order valence-electron chi connectivity index (χ1n) is 8.77. The number of allylic oxidation sites excluding steroid dienone is 1. The Morgan fingerprint density at radius 2 is 1.85 bits per heavy atom. The van der Waals surface area contributed by atoms with E-state index in [4.69, 9.17) is 0 Å². The van der Waals surface area contributed by atoms with Gasteiger partial charge in [-0.3, -0.25) is 4.79 Å². The highest BCUT2D eigenvalue weighted by Gasteiger charge is 2.55. The van der Waals surface area contributed by atoms with E-state index in [9.17, 15) is 4.79 Å². The first-order chi connectivity index (χ1) is 9.53. The van der Waals surface area contributed by atoms with Gasteiger partial charge in [-0.25, -0.2) is 0 Å². The number of ketones is 1. The second-order valence-electron chi connectivity index (χ2n) is 8.55. The van der Waals surface area contributed by atoms with E-state index in [2.05, 4.69) is 13.8 Å². The summed E-state index contributed by atoms with van der Waals surface area (Å²) < 4.78 is 0. The largest absolute Gasteiger partial charge is 0.295 e. The number of fused-ring (bicyclic) bond motifs is 5. The van der Waals surface area contributed by atoms with E-state index >= 15 is 0 Å². The summed E-state index contributed by atoms with van der Waals surface area (Å²) in [5, 5.41) is 0. The van der Waals surface area contributed by atoms with Gasteiger partial charge >= 0.3 is 0 Å². The molecule has 0 bridgehead atoms. The number of rotatable bonds is 0. The number of carbonyl (C=O) groups is 1. The first-order valence-corrected chi connectivity index (χ1v) is 8.77. The second kappa shape index (κ2) is 4.21. The highest BCUT2D eigenvalue weighted by molar-refractivity contribution is 5.91. The topological polar surface area (TPSA) is 17.1 Å². The van der Waals surface area contributed by atoms with Gasteiger partial charge in [0.15, 0.2) is 5.78 Å². The Bertz CT molecular complexity index is 476. The standard InChI is InChI=1S/C19H28O/c1-18-9-3-4-16(18)15-6-5-13-12-14(20)7-11-19(13,2)17(15)8-10-18/h12,15-17H,3-11H2,1-2H3/t15-,16?,17?,18-,19-/m0/s1. The predicted molar refractivity (Wildman–Crippen MR) is 81.3 cm³/mol. The molecule has 3 fully saturated rings. The molecule has 2 unspecified atom stereocenters. The molecule has 110 valence electrons. The summed E-state index contributed by atoms with van der Waals surface area (Å²) >= 11 is 0. The molecule has 0 spiro atoms. The SMILES string of the molecule is C[C@@]12CCCC1[C@@H]1CCC3=CC(=O)CC[C@]3(C)C1CC2. The first kappa shape index (κ1) is 13.1. The Hall–Kier alpha value is -0.590. The molecular weight excluding hydrogens is 244 g/mol. The van der Waals surface area contributed by atoms with Crippen LogP contribution in [0.4, 0.5) is 0 Å². The van der Waals surface area contributed by atoms with Gasteiger partial charge in [-0.1, -0.05) is 25.8 Å². The van der Waals surface area contributed by atoms with Gasteiger partial charge in [-0.2, -0.15) is 0 Å². The minimum atomic E-state index is 0.362. The molecule has 0 saturated heterocycles. The monoisotopic (exact) mass is 272 g/mol. The summed E-state index contributed by atoms with van der Waals surface area (Å²) in [6.45, 7) is 5.05. The molecule has 0 aromatic rings. The maximum Gasteiger partial charge on any atom is 0.155 e. The van der Waals surface area contributed by atoms with Crippen LogP contribution >= 0.6 is 0 Å². The van der Waals surface area contributed by atoms with E-state index in [1.165, 1.54) is 50.5 Å². The average molecular weight is 272 g/mol. The maximum atomic E-state index is 11.8. The molecule has 3 saturated carbocycles. The average Bonchev–Trinajstić information content (AvgIpc) is 2.81. The van der Waals surface area contributed by atoms with E-state index in [-0.39, 0.29) is 0 Å². The molecule has 0 aromatic carbocycles. The highest BCUT2D eigenvalue weighted by Crippen LogP contribution is 2.65. The van der Waals surface area contributed by atoms with Crippen molar-refractivity contribution in [3.63, 3.8) is 0 Å². The Morgan fingerprint density at radius 1 is 1.00 bits per heavy atom. The summed E-state index contributed by atoms with van der Waals surface area (Å²) in [4.78, 5) is 11.8. The zero-order valence-electron chi connectivity index (χ0n) is 13.1. The van der Waals surface area contributed by atoms with Gasteiger partial charge in [0.25, 0.3) is 0 Å². The van der Waals surface area contributed by atoms with Gasteiger partial charge in [-0.05, 0) is 79.6 Å². The smallest absolute Gasteiger partial charge is 0.155 e. The van der Waals surface area contributed by atoms with Crippen molar-refractivity contribution in [2.75, 3.05) is 0 Å². The summed E-state index contributed by atoms with van der Waals surface area (Å²) in [7, 11) is 0. The van der Waals surface area contributed by atoms with Gasteiger partial charge in [0.1, 0.15) is 0 Å². The van der Waals surface area contributed by atoms with Crippen molar-refractivity contribution in [1.82, 2.24) is 0 Å². The van der Waals surface area contributed by atoms with Gasteiger partial charge in [0, 0.05) is 6.42 Å². The lowest BCUT2D eigenvalue weighted by Gasteiger charge is -2.57. The lowest BCUT2D eigenvalue weighted by atomic mass is 9.47. The Kier molecular flexibility index (Phi) is 2.76. The molecular formula is C19H28O. The van der Waals surface area contributed by atoms with Crippen LogP contribution in [0, 0.1) is 28.6 Å². The van der Waals surface area contributed by atoms with E-state index in [1.54, 1.807) is 0 Å². The molecule has 4 rings (SSSR count). The van der Waals surface area contributed by atoms with Crippen molar-refractivity contribution in [2.24, 2.45) is 28.6 Å². The molecule has 0 aliphatic heterocycles. The Balaban J connectivity index is 1.69. The van der Waals surface area contributed by atoms with E-state index in [0.29, 0.717) is 16.6 Å². The third kappa shape index (κ3) is 1.64. The molecule has 1 nitrogen and oxygen atoms in total. The summed E-state index contributed by atoms with van der Waals surface area (Å²) in [6.07, 6.45) is 13.8. The van der Waals surface area contributed by atoms with Crippen LogP contribution in [0.1, 0.15) is 71.6 Å². The normalized spacial score (nSPS) is 51.0. The van der Waals surface area contributed by atoms with Gasteiger partial charge < -0.3 is 0 Å².